The number of nitrogens with zero attached hydrogens (tertiary/aromatic N) is 2. The lowest BCUT2D eigenvalue weighted by Gasteiger charge is -2.22. The van der Waals surface area contributed by atoms with Crippen LogP contribution in [0.2, 0.25) is 0 Å². The number of rotatable bonds is 7. The molecule has 4 nitrogen and oxygen atoms in total. The van der Waals surface area contributed by atoms with Gasteiger partial charge in [0.15, 0.2) is 5.96 Å². The van der Waals surface area contributed by atoms with E-state index in [1.54, 1.807) is 7.11 Å². The Morgan fingerprint density at radius 1 is 1.32 bits per heavy atom. The van der Waals surface area contributed by atoms with Gasteiger partial charge in [0.05, 0.1) is 7.11 Å². The van der Waals surface area contributed by atoms with Crippen molar-refractivity contribution in [1.29, 1.82) is 0 Å². The molecule has 1 aromatic rings. The van der Waals surface area contributed by atoms with E-state index < -0.39 is 0 Å². The van der Waals surface area contributed by atoms with Crippen LogP contribution in [0.4, 0.5) is 0 Å². The average molecular weight is 417 g/mol. The van der Waals surface area contributed by atoms with Crippen molar-refractivity contribution in [2.45, 2.75) is 32.2 Å². The van der Waals surface area contributed by atoms with E-state index in [1.807, 2.05) is 19.2 Å². The molecule has 0 aromatic heterocycles. The minimum Gasteiger partial charge on any atom is -0.497 e. The van der Waals surface area contributed by atoms with Gasteiger partial charge < -0.3 is 15.0 Å². The molecule has 124 valence electrons. The maximum atomic E-state index is 5.18. The number of halogens is 1. The number of hydrogen-bond donors (Lipinski definition) is 1. The van der Waals surface area contributed by atoms with Crippen molar-refractivity contribution >= 4 is 29.9 Å². The van der Waals surface area contributed by atoms with E-state index in [0.717, 1.165) is 30.7 Å². The van der Waals surface area contributed by atoms with Crippen LogP contribution in [0.15, 0.2) is 29.3 Å². The minimum atomic E-state index is 0. The second kappa shape index (κ2) is 9.92. The molecule has 2 rings (SSSR count). The molecular formula is C17H28IN3O. The first-order valence-corrected chi connectivity index (χ1v) is 7.77. The topological polar surface area (TPSA) is 36.9 Å². The highest BCUT2D eigenvalue weighted by atomic mass is 127. The first kappa shape index (κ1) is 19.1. The molecule has 1 N–H and O–H groups in total. The molecule has 1 aliphatic rings. The van der Waals surface area contributed by atoms with Crippen molar-refractivity contribution in [3.8, 4) is 5.75 Å². The summed E-state index contributed by atoms with van der Waals surface area (Å²) in [4.78, 5) is 6.51. The Labute approximate surface area is 151 Å². The highest BCUT2D eigenvalue weighted by Crippen LogP contribution is 2.33. The summed E-state index contributed by atoms with van der Waals surface area (Å²) in [6, 6.07) is 8.18. The molecule has 22 heavy (non-hydrogen) atoms. The Bertz CT molecular complexity index is 457. The third kappa shape index (κ3) is 6.42. The molecule has 1 aromatic carbocycles. The van der Waals surface area contributed by atoms with E-state index in [2.05, 4.69) is 34.4 Å². The maximum Gasteiger partial charge on any atom is 0.193 e. The lowest BCUT2D eigenvalue weighted by molar-refractivity contribution is 0.414. The van der Waals surface area contributed by atoms with E-state index in [1.165, 1.54) is 31.2 Å². The lowest BCUT2D eigenvalue weighted by Crippen LogP contribution is -2.38. The summed E-state index contributed by atoms with van der Waals surface area (Å²) in [6.07, 6.45) is 5.46. The van der Waals surface area contributed by atoms with Crippen LogP contribution in [-0.2, 0) is 6.54 Å². The number of benzene rings is 1. The van der Waals surface area contributed by atoms with Gasteiger partial charge >= 0.3 is 0 Å². The molecule has 0 bridgehead atoms. The van der Waals surface area contributed by atoms with Gasteiger partial charge in [-0.2, -0.15) is 0 Å². The molecule has 0 spiro atoms. The van der Waals surface area contributed by atoms with Crippen molar-refractivity contribution in [3.63, 3.8) is 0 Å². The van der Waals surface area contributed by atoms with Crippen LogP contribution in [0.1, 0.15) is 31.2 Å². The number of ether oxygens (including phenoxy) is 1. The Hall–Kier alpha value is -0.980. The predicted octanol–water partition coefficient (Wildman–Crippen LogP) is 3.51. The minimum absolute atomic E-state index is 0. The molecule has 1 aliphatic carbocycles. The van der Waals surface area contributed by atoms with Gasteiger partial charge in [0, 0.05) is 27.2 Å². The second-order valence-corrected chi connectivity index (χ2v) is 5.76. The van der Waals surface area contributed by atoms with Gasteiger partial charge in [0.1, 0.15) is 5.75 Å². The fourth-order valence-corrected chi connectivity index (χ4v) is 2.46. The van der Waals surface area contributed by atoms with Crippen LogP contribution in [0.3, 0.4) is 0 Å². The SMILES string of the molecule is CN=C(NCCCC1CC1)N(C)Cc1ccc(OC)cc1.I. The predicted molar refractivity (Wildman–Crippen MR) is 103 cm³/mol. The Morgan fingerprint density at radius 3 is 2.55 bits per heavy atom. The van der Waals surface area contributed by atoms with E-state index in [-0.39, 0.29) is 24.0 Å². The fourth-order valence-electron chi connectivity index (χ4n) is 2.46. The van der Waals surface area contributed by atoms with Gasteiger partial charge in [-0.25, -0.2) is 0 Å². The number of methoxy groups -OCH3 is 1. The molecule has 0 amide bonds. The summed E-state index contributed by atoms with van der Waals surface area (Å²) < 4.78 is 5.18. The molecular weight excluding hydrogens is 389 g/mol. The van der Waals surface area contributed by atoms with Crippen molar-refractivity contribution in [1.82, 2.24) is 10.2 Å². The number of guanidine groups is 1. The third-order valence-electron chi connectivity index (χ3n) is 3.92. The smallest absolute Gasteiger partial charge is 0.193 e. The summed E-state index contributed by atoms with van der Waals surface area (Å²) in [5, 5.41) is 3.45. The number of aliphatic imine (C=N–C) groups is 1. The summed E-state index contributed by atoms with van der Waals surface area (Å²) in [5.41, 5.74) is 1.25. The van der Waals surface area contributed by atoms with Gasteiger partial charge in [0.2, 0.25) is 0 Å². The zero-order valence-electron chi connectivity index (χ0n) is 13.8. The van der Waals surface area contributed by atoms with Gasteiger partial charge in [-0.15, -0.1) is 24.0 Å². The third-order valence-corrected chi connectivity index (χ3v) is 3.92. The largest absolute Gasteiger partial charge is 0.497 e. The molecule has 5 heteroatoms. The molecule has 0 radical (unpaired) electrons. The van der Waals surface area contributed by atoms with Crippen molar-refractivity contribution < 1.29 is 4.74 Å². The quantitative estimate of drug-likeness (QED) is 0.319. The van der Waals surface area contributed by atoms with Crippen LogP contribution in [0, 0.1) is 5.92 Å². The van der Waals surface area contributed by atoms with E-state index in [0.29, 0.717) is 0 Å². The Kier molecular flexibility index (Phi) is 8.60. The molecule has 0 aliphatic heterocycles. The summed E-state index contributed by atoms with van der Waals surface area (Å²) in [7, 11) is 5.60. The highest BCUT2D eigenvalue weighted by Gasteiger charge is 2.20. The standard InChI is InChI=1S/C17H27N3O.HI/c1-18-17(19-12-4-5-14-6-7-14)20(2)13-15-8-10-16(21-3)11-9-15;/h8-11,14H,4-7,12-13H2,1-3H3,(H,18,19);1H. The monoisotopic (exact) mass is 417 g/mol. The van der Waals surface area contributed by atoms with Crippen LogP contribution in [-0.4, -0.2) is 38.6 Å². The first-order chi connectivity index (χ1) is 10.2. The summed E-state index contributed by atoms with van der Waals surface area (Å²) in [5.74, 6) is 2.86. The van der Waals surface area contributed by atoms with E-state index in [9.17, 15) is 0 Å². The summed E-state index contributed by atoms with van der Waals surface area (Å²) >= 11 is 0. The van der Waals surface area contributed by atoms with E-state index in [4.69, 9.17) is 4.74 Å². The van der Waals surface area contributed by atoms with Gasteiger partial charge in [-0.05, 0) is 36.5 Å². The average Bonchev–Trinajstić information content (AvgIpc) is 3.32. The van der Waals surface area contributed by atoms with Crippen molar-refractivity contribution in [2.24, 2.45) is 10.9 Å². The molecule has 1 fully saturated rings. The Morgan fingerprint density at radius 2 is 2.00 bits per heavy atom. The van der Waals surface area contributed by atoms with Gasteiger partial charge in [-0.1, -0.05) is 25.0 Å². The van der Waals surface area contributed by atoms with Crippen LogP contribution in [0.5, 0.6) is 5.75 Å². The zero-order chi connectivity index (χ0) is 15.1. The van der Waals surface area contributed by atoms with Crippen LogP contribution < -0.4 is 10.1 Å². The van der Waals surface area contributed by atoms with Crippen LogP contribution >= 0.6 is 24.0 Å². The second-order valence-electron chi connectivity index (χ2n) is 5.76. The normalized spacial score (nSPS) is 14.2. The maximum absolute atomic E-state index is 5.18. The number of nitrogens with one attached hydrogen (secondary N) is 1. The molecule has 0 saturated heterocycles. The van der Waals surface area contributed by atoms with Crippen LogP contribution in [0.25, 0.3) is 0 Å². The van der Waals surface area contributed by atoms with Crippen molar-refractivity contribution in [2.75, 3.05) is 27.7 Å². The highest BCUT2D eigenvalue weighted by molar-refractivity contribution is 14.0. The lowest BCUT2D eigenvalue weighted by atomic mass is 10.2. The molecule has 0 unspecified atom stereocenters. The Balaban J connectivity index is 0.00000242. The van der Waals surface area contributed by atoms with Gasteiger partial charge in [0.25, 0.3) is 0 Å². The molecule has 0 atom stereocenters. The summed E-state index contributed by atoms with van der Waals surface area (Å²) in [6.45, 7) is 1.85. The zero-order valence-corrected chi connectivity index (χ0v) is 16.2. The number of hydrogen-bond acceptors (Lipinski definition) is 2. The fraction of sp³-hybridized carbons (Fsp3) is 0.588. The molecule has 0 heterocycles. The van der Waals surface area contributed by atoms with E-state index >= 15 is 0 Å². The first-order valence-electron chi connectivity index (χ1n) is 7.77. The van der Waals surface area contributed by atoms with Gasteiger partial charge in [-0.3, -0.25) is 4.99 Å². The molecule has 1 saturated carbocycles. The van der Waals surface area contributed by atoms with Crippen molar-refractivity contribution in [3.05, 3.63) is 29.8 Å².